The van der Waals surface area contributed by atoms with Gasteiger partial charge in [-0.05, 0) is 6.07 Å². The molecule has 3 N–H and O–H groups in total. The Balaban J connectivity index is 2.75. The van der Waals surface area contributed by atoms with E-state index in [4.69, 9.17) is 10.8 Å². The van der Waals surface area contributed by atoms with Crippen molar-refractivity contribution in [2.75, 3.05) is 5.73 Å². The molecule has 0 saturated heterocycles. The Morgan fingerprint density at radius 2 is 2.00 bits per heavy atom. The number of nitrogens with two attached hydrogens (primary N) is 1. The van der Waals surface area contributed by atoms with Crippen molar-refractivity contribution >= 4 is 11.8 Å². The summed E-state index contributed by atoms with van der Waals surface area (Å²) in [5.74, 6) is -1.92. The zero-order valence-electron chi connectivity index (χ0n) is 8.59. The number of nitrogens with zero attached hydrogens (tertiary/aromatic N) is 2. The smallest absolute Gasteiger partial charge is 0.355 e. The number of carboxylic acid groups (broad SMARTS) is 1. The largest absolute Gasteiger partial charge is 0.476 e. The molecule has 0 spiro atoms. The summed E-state index contributed by atoms with van der Waals surface area (Å²) in [4.78, 5) is 18.3. The van der Waals surface area contributed by atoms with Crippen LogP contribution in [0.1, 0.15) is 10.5 Å². The first kappa shape index (κ1) is 11.0. The number of nitrogen functional groups attached to an aromatic ring is 1. The SMILES string of the molecule is Nc1ncnc(C(=O)O)c1-c1ccccc1F. The minimum atomic E-state index is -1.28. The van der Waals surface area contributed by atoms with E-state index in [1.165, 1.54) is 18.2 Å². The van der Waals surface area contributed by atoms with Crippen molar-refractivity contribution in [1.29, 1.82) is 0 Å². The average molecular weight is 233 g/mol. The van der Waals surface area contributed by atoms with E-state index >= 15 is 0 Å². The van der Waals surface area contributed by atoms with Gasteiger partial charge in [0.2, 0.25) is 0 Å². The first-order valence-electron chi connectivity index (χ1n) is 4.70. The fourth-order valence-electron chi connectivity index (χ4n) is 1.49. The Labute approximate surface area is 95.8 Å². The van der Waals surface area contributed by atoms with Gasteiger partial charge in [0, 0.05) is 5.56 Å². The molecule has 1 aromatic heterocycles. The molecule has 2 aromatic rings. The molecule has 0 aliphatic carbocycles. The fraction of sp³-hybridized carbons (Fsp3) is 0. The van der Waals surface area contributed by atoms with E-state index in [9.17, 15) is 9.18 Å². The van der Waals surface area contributed by atoms with Crippen LogP contribution in [0.2, 0.25) is 0 Å². The van der Waals surface area contributed by atoms with Crippen molar-refractivity contribution in [2.45, 2.75) is 0 Å². The molecule has 17 heavy (non-hydrogen) atoms. The molecule has 2 rings (SSSR count). The lowest BCUT2D eigenvalue weighted by Crippen LogP contribution is -2.08. The highest BCUT2D eigenvalue weighted by Gasteiger charge is 2.19. The number of halogens is 1. The van der Waals surface area contributed by atoms with Crippen LogP contribution in [0, 0.1) is 5.82 Å². The van der Waals surface area contributed by atoms with Crippen LogP contribution in [0.25, 0.3) is 11.1 Å². The normalized spacial score (nSPS) is 10.2. The average Bonchev–Trinajstić information content (AvgIpc) is 2.30. The van der Waals surface area contributed by atoms with Crippen LogP contribution in [0.3, 0.4) is 0 Å². The maximum absolute atomic E-state index is 13.6. The molecule has 6 heteroatoms. The number of aromatic carboxylic acids is 1. The molecule has 0 aliphatic heterocycles. The molecule has 1 aromatic carbocycles. The lowest BCUT2D eigenvalue weighted by molar-refractivity contribution is 0.0691. The van der Waals surface area contributed by atoms with Crippen molar-refractivity contribution in [3.63, 3.8) is 0 Å². The van der Waals surface area contributed by atoms with Crippen molar-refractivity contribution < 1.29 is 14.3 Å². The van der Waals surface area contributed by atoms with Crippen LogP contribution in [-0.4, -0.2) is 21.0 Å². The van der Waals surface area contributed by atoms with Crippen LogP contribution in [0.4, 0.5) is 10.2 Å². The summed E-state index contributed by atoms with van der Waals surface area (Å²) in [6, 6.07) is 5.72. The molecule has 0 radical (unpaired) electrons. The Hall–Kier alpha value is -2.50. The first-order valence-corrected chi connectivity index (χ1v) is 4.70. The van der Waals surface area contributed by atoms with E-state index in [1.54, 1.807) is 6.07 Å². The number of benzene rings is 1. The second-order valence-corrected chi connectivity index (χ2v) is 3.27. The van der Waals surface area contributed by atoms with Crippen LogP contribution in [0.5, 0.6) is 0 Å². The van der Waals surface area contributed by atoms with E-state index in [0.29, 0.717) is 0 Å². The van der Waals surface area contributed by atoms with Crippen molar-refractivity contribution in [3.8, 4) is 11.1 Å². The van der Waals surface area contributed by atoms with Gasteiger partial charge in [0.05, 0.1) is 5.56 Å². The van der Waals surface area contributed by atoms with Crippen molar-refractivity contribution in [1.82, 2.24) is 9.97 Å². The Morgan fingerprint density at radius 1 is 1.29 bits per heavy atom. The second kappa shape index (κ2) is 4.17. The number of hydrogen-bond donors (Lipinski definition) is 2. The maximum Gasteiger partial charge on any atom is 0.355 e. The molecule has 0 fully saturated rings. The molecular formula is C11H8FN3O2. The zero-order chi connectivity index (χ0) is 12.4. The van der Waals surface area contributed by atoms with Gasteiger partial charge in [0.15, 0.2) is 5.69 Å². The van der Waals surface area contributed by atoms with Crippen LogP contribution >= 0.6 is 0 Å². The second-order valence-electron chi connectivity index (χ2n) is 3.27. The molecule has 0 aliphatic rings. The molecule has 0 bridgehead atoms. The van der Waals surface area contributed by atoms with Gasteiger partial charge in [0.25, 0.3) is 0 Å². The zero-order valence-corrected chi connectivity index (χ0v) is 8.59. The number of aromatic nitrogens is 2. The summed E-state index contributed by atoms with van der Waals surface area (Å²) in [6.07, 6.45) is 1.03. The number of anilines is 1. The highest BCUT2D eigenvalue weighted by atomic mass is 19.1. The summed E-state index contributed by atoms with van der Waals surface area (Å²) >= 11 is 0. The number of hydrogen-bond acceptors (Lipinski definition) is 4. The minimum absolute atomic E-state index is 0.00176. The Bertz CT molecular complexity index is 587. The summed E-state index contributed by atoms with van der Waals surface area (Å²) in [6.45, 7) is 0. The molecule has 5 nitrogen and oxygen atoms in total. The minimum Gasteiger partial charge on any atom is -0.476 e. The van der Waals surface area contributed by atoms with E-state index in [1.807, 2.05) is 0 Å². The number of carbonyl (C=O) groups is 1. The predicted molar refractivity (Wildman–Crippen MR) is 58.8 cm³/mol. The van der Waals surface area contributed by atoms with Gasteiger partial charge in [-0.2, -0.15) is 0 Å². The summed E-state index contributed by atoms with van der Waals surface area (Å²) in [5.41, 5.74) is 5.33. The van der Waals surface area contributed by atoms with Crippen LogP contribution in [0.15, 0.2) is 30.6 Å². The fourth-order valence-corrected chi connectivity index (χ4v) is 1.49. The Morgan fingerprint density at radius 3 is 2.65 bits per heavy atom. The third-order valence-electron chi connectivity index (χ3n) is 2.22. The first-order chi connectivity index (χ1) is 8.11. The van der Waals surface area contributed by atoms with Gasteiger partial charge in [-0.25, -0.2) is 19.2 Å². The van der Waals surface area contributed by atoms with Gasteiger partial charge in [-0.1, -0.05) is 18.2 Å². The summed E-state index contributed by atoms with van der Waals surface area (Å²) < 4.78 is 13.6. The van der Waals surface area contributed by atoms with Gasteiger partial charge < -0.3 is 10.8 Å². The van der Waals surface area contributed by atoms with E-state index in [2.05, 4.69) is 9.97 Å². The van der Waals surface area contributed by atoms with Crippen molar-refractivity contribution in [2.24, 2.45) is 0 Å². The summed E-state index contributed by atoms with van der Waals surface area (Å²) in [7, 11) is 0. The molecule has 86 valence electrons. The van der Waals surface area contributed by atoms with Gasteiger partial charge in [-0.3, -0.25) is 0 Å². The lowest BCUT2D eigenvalue weighted by Gasteiger charge is -2.08. The molecular weight excluding hydrogens is 225 g/mol. The molecule has 1 heterocycles. The molecule has 0 unspecified atom stereocenters. The van der Waals surface area contributed by atoms with Gasteiger partial charge in [-0.15, -0.1) is 0 Å². The van der Waals surface area contributed by atoms with Gasteiger partial charge >= 0.3 is 5.97 Å². The molecule has 0 saturated carbocycles. The number of rotatable bonds is 2. The summed E-state index contributed by atoms with van der Waals surface area (Å²) in [5, 5.41) is 8.97. The molecule has 0 amide bonds. The monoisotopic (exact) mass is 233 g/mol. The third kappa shape index (κ3) is 1.92. The lowest BCUT2D eigenvalue weighted by atomic mass is 10.0. The van der Waals surface area contributed by atoms with E-state index in [0.717, 1.165) is 6.33 Å². The molecule has 0 atom stereocenters. The predicted octanol–water partition coefficient (Wildman–Crippen LogP) is 1.56. The van der Waals surface area contributed by atoms with Crippen LogP contribution in [-0.2, 0) is 0 Å². The highest BCUT2D eigenvalue weighted by Crippen LogP contribution is 2.28. The number of carboxylic acids is 1. The topological polar surface area (TPSA) is 89.1 Å². The Kier molecular flexibility index (Phi) is 2.70. The standard InChI is InChI=1S/C11H8FN3O2/c12-7-4-2-1-3-6(7)8-9(11(16)17)14-5-15-10(8)13/h1-5H,(H,16,17)(H2,13,14,15). The maximum atomic E-state index is 13.6. The van der Waals surface area contributed by atoms with E-state index < -0.39 is 11.8 Å². The van der Waals surface area contributed by atoms with Crippen LogP contribution < -0.4 is 5.73 Å². The highest BCUT2D eigenvalue weighted by molar-refractivity contribution is 5.96. The third-order valence-corrected chi connectivity index (χ3v) is 2.22. The van der Waals surface area contributed by atoms with Crippen molar-refractivity contribution in [3.05, 3.63) is 42.1 Å². The van der Waals surface area contributed by atoms with E-state index in [-0.39, 0.29) is 22.6 Å². The quantitative estimate of drug-likeness (QED) is 0.821. The van der Waals surface area contributed by atoms with Gasteiger partial charge in [0.1, 0.15) is 18.0 Å².